The Hall–Kier alpha value is -1.54. The van der Waals surface area contributed by atoms with Crippen molar-refractivity contribution in [1.82, 2.24) is 4.98 Å². The predicted octanol–water partition coefficient (Wildman–Crippen LogP) is 3.62. The molecule has 0 aliphatic heterocycles. The second-order valence-corrected chi connectivity index (χ2v) is 3.87. The molecule has 3 heteroatoms. The number of hydrogen-bond acceptors (Lipinski definition) is 2. The van der Waals surface area contributed by atoms with Gasteiger partial charge in [0, 0.05) is 6.20 Å². The maximum atomic E-state index is 5.89. The van der Waals surface area contributed by atoms with Gasteiger partial charge in [-0.2, -0.15) is 0 Å². The summed E-state index contributed by atoms with van der Waals surface area (Å²) in [5, 5.41) is 0.399. The van der Waals surface area contributed by atoms with Crippen molar-refractivity contribution in [1.29, 1.82) is 0 Å². The molecule has 0 radical (unpaired) electrons. The molecule has 1 heterocycles. The standard InChI is InChI=1S/C13H12ClNO/c1-10-5-2-3-6-11(10)9-16-12-7-4-8-15-13(12)14/h2-8H,9H2,1H3. The summed E-state index contributed by atoms with van der Waals surface area (Å²) in [4.78, 5) is 3.95. The Balaban J connectivity index is 2.09. The fourth-order valence-corrected chi connectivity index (χ4v) is 1.58. The van der Waals surface area contributed by atoms with Crippen LogP contribution in [0.1, 0.15) is 11.1 Å². The SMILES string of the molecule is Cc1ccccc1COc1cccnc1Cl. The van der Waals surface area contributed by atoms with E-state index in [1.807, 2.05) is 24.3 Å². The molecule has 0 aliphatic carbocycles. The van der Waals surface area contributed by atoms with Crippen molar-refractivity contribution in [2.45, 2.75) is 13.5 Å². The number of benzene rings is 1. The van der Waals surface area contributed by atoms with Crippen molar-refractivity contribution in [2.75, 3.05) is 0 Å². The van der Waals surface area contributed by atoms with Gasteiger partial charge in [-0.25, -0.2) is 4.98 Å². The van der Waals surface area contributed by atoms with E-state index < -0.39 is 0 Å². The average molecular weight is 234 g/mol. The van der Waals surface area contributed by atoms with Crippen LogP contribution in [0.15, 0.2) is 42.6 Å². The maximum Gasteiger partial charge on any atom is 0.171 e. The number of aromatic nitrogens is 1. The molecule has 0 saturated carbocycles. The van der Waals surface area contributed by atoms with Crippen molar-refractivity contribution in [3.05, 3.63) is 58.9 Å². The number of rotatable bonds is 3. The summed E-state index contributed by atoms with van der Waals surface area (Å²) in [6.45, 7) is 2.57. The molecule has 0 saturated heterocycles. The topological polar surface area (TPSA) is 22.1 Å². The first kappa shape index (κ1) is 11.0. The van der Waals surface area contributed by atoms with Crippen LogP contribution in [0.4, 0.5) is 0 Å². The number of nitrogens with zero attached hydrogens (tertiary/aromatic N) is 1. The van der Waals surface area contributed by atoms with Gasteiger partial charge in [-0.05, 0) is 30.2 Å². The lowest BCUT2D eigenvalue weighted by atomic mass is 10.1. The van der Waals surface area contributed by atoms with E-state index >= 15 is 0 Å². The van der Waals surface area contributed by atoms with E-state index in [4.69, 9.17) is 16.3 Å². The Labute approximate surface area is 99.9 Å². The number of pyridine rings is 1. The van der Waals surface area contributed by atoms with Crippen molar-refractivity contribution in [3.8, 4) is 5.75 Å². The molecule has 2 aromatic rings. The van der Waals surface area contributed by atoms with Gasteiger partial charge in [-0.1, -0.05) is 35.9 Å². The van der Waals surface area contributed by atoms with Gasteiger partial charge in [-0.15, -0.1) is 0 Å². The van der Waals surface area contributed by atoms with Crippen LogP contribution < -0.4 is 4.74 Å². The summed E-state index contributed by atoms with van der Waals surface area (Å²) in [7, 11) is 0. The summed E-state index contributed by atoms with van der Waals surface area (Å²) in [6.07, 6.45) is 1.64. The van der Waals surface area contributed by atoms with Gasteiger partial charge in [0.15, 0.2) is 10.9 Å². The highest BCUT2D eigenvalue weighted by molar-refractivity contribution is 6.30. The van der Waals surface area contributed by atoms with E-state index in [0.29, 0.717) is 17.5 Å². The second-order valence-electron chi connectivity index (χ2n) is 3.51. The number of halogens is 1. The number of aryl methyl sites for hydroxylation is 1. The van der Waals surface area contributed by atoms with Gasteiger partial charge < -0.3 is 4.74 Å². The predicted molar refractivity (Wildman–Crippen MR) is 64.8 cm³/mol. The monoisotopic (exact) mass is 233 g/mol. The Morgan fingerprint density at radius 2 is 2.00 bits per heavy atom. The third kappa shape index (κ3) is 2.52. The zero-order chi connectivity index (χ0) is 11.4. The van der Waals surface area contributed by atoms with Gasteiger partial charge in [0.05, 0.1) is 0 Å². The van der Waals surface area contributed by atoms with E-state index in [1.165, 1.54) is 5.56 Å². The summed E-state index contributed by atoms with van der Waals surface area (Å²) in [6, 6.07) is 11.7. The van der Waals surface area contributed by atoms with Crippen LogP contribution in [-0.4, -0.2) is 4.98 Å². The Morgan fingerprint density at radius 1 is 1.19 bits per heavy atom. The molecule has 82 valence electrons. The largest absolute Gasteiger partial charge is 0.486 e. The van der Waals surface area contributed by atoms with E-state index in [9.17, 15) is 0 Å². The fourth-order valence-electron chi connectivity index (χ4n) is 1.41. The Morgan fingerprint density at radius 3 is 2.75 bits per heavy atom. The lowest BCUT2D eigenvalue weighted by Gasteiger charge is -2.08. The van der Waals surface area contributed by atoms with Crippen LogP contribution in [-0.2, 0) is 6.61 Å². The molecule has 0 aliphatic rings. The van der Waals surface area contributed by atoms with Crippen LogP contribution in [0.25, 0.3) is 0 Å². The average Bonchev–Trinajstić information content (AvgIpc) is 2.30. The highest BCUT2D eigenvalue weighted by Gasteiger charge is 2.02. The first-order valence-corrected chi connectivity index (χ1v) is 5.43. The Kier molecular flexibility index (Phi) is 3.42. The molecule has 0 N–H and O–H groups in total. The number of hydrogen-bond donors (Lipinski definition) is 0. The molecule has 1 aromatic heterocycles. The number of ether oxygens (including phenoxy) is 1. The minimum Gasteiger partial charge on any atom is -0.486 e. The molecule has 0 bridgehead atoms. The third-order valence-corrected chi connectivity index (χ3v) is 2.65. The molecule has 0 atom stereocenters. The lowest BCUT2D eigenvalue weighted by Crippen LogP contribution is -1.98. The zero-order valence-electron chi connectivity index (χ0n) is 8.98. The van der Waals surface area contributed by atoms with E-state index in [1.54, 1.807) is 12.3 Å². The molecule has 16 heavy (non-hydrogen) atoms. The van der Waals surface area contributed by atoms with Gasteiger partial charge in [0.2, 0.25) is 0 Å². The molecule has 0 fully saturated rings. The normalized spacial score (nSPS) is 10.1. The van der Waals surface area contributed by atoms with Gasteiger partial charge >= 0.3 is 0 Å². The second kappa shape index (κ2) is 4.99. The quantitative estimate of drug-likeness (QED) is 0.756. The van der Waals surface area contributed by atoms with Crippen LogP contribution in [0, 0.1) is 6.92 Å². The molecule has 1 aromatic carbocycles. The van der Waals surface area contributed by atoms with Crippen molar-refractivity contribution in [3.63, 3.8) is 0 Å². The molecule has 0 spiro atoms. The van der Waals surface area contributed by atoms with Crippen LogP contribution in [0.3, 0.4) is 0 Å². The van der Waals surface area contributed by atoms with Gasteiger partial charge in [-0.3, -0.25) is 0 Å². The van der Waals surface area contributed by atoms with Gasteiger partial charge in [0.25, 0.3) is 0 Å². The molecular formula is C13H12ClNO. The molecular weight excluding hydrogens is 222 g/mol. The van der Waals surface area contributed by atoms with Crippen LogP contribution >= 0.6 is 11.6 Å². The van der Waals surface area contributed by atoms with Crippen molar-refractivity contribution < 1.29 is 4.74 Å². The van der Waals surface area contributed by atoms with Crippen molar-refractivity contribution >= 4 is 11.6 Å². The molecule has 0 amide bonds. The Bertz CT molecular complexity index is 439. The molecule has 2 rings (SSSR count). The van der Waals surface area contributed by atoms with E-state index in [0.717, 1.165) is 5.56 Å². The first-order valence-electron chi connectivity index (χ1n) is 5.05. The first-order chi connectivity index (χ1) is 7.77. The fraction of sp³-hybridized carbons (Fsp3) is 0.154. The van der Waals surface area contributed by atoms with Crippen LogP contribution in [0.2, 0.25) is 5.15 Å². The minimum atomic E-state index is 0.399. The summed E-state index contributed by atoms with van der Waals surface area (Å²) in [5.74, 6) is 0.618. The van der Waals surface area contributed by atoms with Crippen molar-refractivity contribution in [2.24, 2.45) is 0 Å². The van der Waals surface area contributed by atoms with Crippen LogP contribution in [0.5, 0.6) is 5.75 Å². The highest BCUT2D eigenvalue weighted by Crippen LogP contribution is 2.22. The highest BCUT2D eigenvalue weighted by atomic mass is 35.5. The summed E-state index contributed by atoms with van der Waals surface area (Å²) < 4.78 is 5.61. The van der Waals surface area contributed by atoms with E-state index in [2.05, 4.69) is 18.0 Å². The van der Waals surface area contributed by atoms with E-state index in [-0.39, 0.29) is 0 Å². The minimum absolute atomic E-state index is 0.399. The smallest absolute Gasteiger partial charge is 0.171 e. The summed E-state index contributed by atoms with van der Waals surface area (Å²) >= 11 is 5.89. The maximum absolute atomic E-state index is 5.89. The lowest BCUT2D eigenvalue weighted by molar-refractivity contribution is 0.304. The molecule has 0 unspecified atom stereocenters. The summed E-state index contributed by atoms with van der Waals surface area (Å²) in [5.41, 5.74) is 2.37. The van der Waals surface area contributed by atoms with Gasteiger partial charge in [0.1, 0.15) is 6.61 Å². The third-order valence-electron chi connectivity index (χ3n) is 2.37. The zero-order valence-corrected chi connectivity index (χ0v) is 9.74. The molecule has 2 nitrogen and oxygen atoms in total.